The lowest BCUT2D eigenvalue weighted by atomic mass is 9.95. The maximum absolute atomic E-state index is 12.6. The summed E-state index contributed by atoms with van der Waals surface area (Å²) in [6.07, 6.45) is 2.06. The van der Waals surface area contributed by atoms with Gasteiger partial charge in [-0.3, -0.25) is 14.5 Å². The second-order valence-corrected chi connectivity index (χ2v) is 6.26. The molecule has 2 heterocycles. The van der Waals surface area contributed by atoms with Crippen LogP contribution in [0, 0.1) is 11.8 Å². The topological polar surface area (TPSA) is 60.9 Å². The Morgan fingerprint density at radius 2 is 1.68 bits per heavy atom. The van der Waals surface area contributed by atoms with E-state index in [9.17, 15) is 14.7 Å². The van der Waals surface area contributed by atoms with Gasteiger partial charge in [0.15, 0.2) is 0 Å². The first kappa shape index (κ1) is 15.0. The maximum atomic E-state index is 12.6. The fourth-order valence-electron chi connectivity index (χ4n) is 3.53. The Kier molecular flexibility index (Phi) is 4.43. The molecule has 3 rings (SSSR count). The molecule has 0 saturated carbocycles. The Bertz CT molecular complexity index is 540. The summed E-state index contributed by atoms with van der Waals surface area (Å²) in [5.41, 5.74) is 1.15. The van der Waals surface area contributed by atoms with E-state index in [1.807, 2.05) is 35.2 Å². The zero-order valence-corrected chi connectivity index (χ0v) is 12.6. The van der Waals surface area contributed by atoms with Crippen LogP contribution in [0.3, 0.4) is 0 Å². The Labute approximate surface area is 130 Å². The lowest BCUT2D eigenvalue weighted by molar-refractivity contribution is -0.147. The van der Waals surface area contributed by atoms with Gasteiger partial charge in [0.25, 0.3) is 0 Å². The lowest BCUT2D eigenvalue weighted by Crippen LogP contribution is -2.39. The zero-order chi connectivity index (χ0) is 15.5. The summed E-state index contributed by atoms with van der Waals surface area (Å²) in [7, 11) is 0. The molecule has 0 aliphatic carbocycles. The van der Waals surface area contributed by atoms with Crippen molar-refractivity contribution in [3.8, 4) is 0 Å². The van der Waals surface area contributed by atoms with E-state index in [2.05, 4.69) is 4.90 Å². The molecule has 118 valence electrons. The normalized spacial score (nSPS) is 25.5. The third kappa shape index (κ3) is 3.14. The van der Waals surface area contributed by atoms with Crippen molar-refractivity contribution < 1.29 is 14.7 Å². The highest BCUT2D eigenvalue weighted by molar-refractivity contribution is 5.86. The van der Waals surface area contributed by atoms with Gasteiger partial charge in [-0.25, -0.2) is 0 Å². The molecule has 2 aliphatic rings. The molecule has 0 bridgehead atoms. The largest absolute Gasteiger partial charge is 0.481 e. The predicted octanol–water partition coefficient (Wildman–Crippen LogP) is 1.44. The molecule has 1 amide bonds. The molecule has 1 N–H and O–H groups in total. The summed E-state index contributed by atoms with van der Waals surface area (Å²) in [6, 6.07) is 9.99. The second kappa shape index (κ2) is 6.48. The summed E-state index contributed by atoms with van der Waals surface area (Å²) in [5, 5.41) is 9.46. The summed E-state index contributed by atoms with van der Waals surface area (Å²) < 4.78 is 0. The molecule has 2 aliphatic heterocycles. The van der Waals surface area contributed by atoms with Crippen molar-refractivity contribution in [2.24, 2.45) is 11.8 Å². The fourth-order valence-corrected chi connectivity index (χ4v) is 3.53. The van der Waals surface area contributed by atoms with E-state index in [1.165, 1.54) is 0 Å². The number of amides is 1. The number of hydrogen-bond acceptors (Lipinski definition) is 3. The van der Waals surface area contributed by atoms with Crippen LogP contribution in [0.5, 0.6) is 0 Å². The first-order valence-electron chi connectivity index (χ1n) is 7.93. The zero-order valence-electron chi connectivity index (χ0n) is 12.6. The van der Waals surface area contributed by atoms with E-state index >= 15 is 0 Å². The number of carbonyl (C=O) groups is 2. The summed E-state index contributed by atoms with van der Waals surface area (Å²) in [4.78, 5) is 28.1. The minimum atomic E-state index is -0.854. The van der Waals surface area contributed by atoms with Crippen molar-refractivity contribution in [1.82, 2.24) is 9.80 Å². The Balaban J connectivity index is 1.69. The summed E-state index contributed by atoms with van der Waals surface area (Å²) in [6.45, 7) is 3.25. The van der Waals surface area contributed by atoms with Gasteiger partial charge in [-0.15, -0.1) is 0 Å². The fraction of sp³-hybridized carbons (Fsp3) is 0.529. The van der Waals surface area contributed by atoms with E-state index in [4.69, 9.17) is 0 Å². The molecule has 5 heteroatoms. The van der Waals surface area contributed by atoms with Crippen LogP contribution in [0.15, 0.2) is 30.3 Å². The van der Waals surface area contributed by atoms with Crippen LogP contribution in [0.2, 0.25) is 0 Å². The van der Waals surface area contributed by atoms with Crippen LogP contribution in [-0.4, -0.2) is 53.0 Å². The molecular formula is C17H22N2O3. The highest BCUT2D eigenvalue weighted by Crippen LogP contribution is 2.28. The van der Waals surface area contributed by atoms with Gasteiger partial charge in [-0.2, -0.15) is 0 Å². The van der Waals surface area contributed by atoms with Crippen LogP contribution in [0.25, 0.3) is 0 Å². The standard InChI is InChI=1S/C17H22N2O3/c20-16(19-8-4-5-9-19)14-11-18(12-15(14)17(21)22)10-13-6-2-1-3-7-13/h1-3,6-7,14-15H,4-5,8-12H2,(H,21,22)/t14-,15+/m0/s1. The second-order valence-electron chi connectivity index (χ2n) is 6.26. The van der Waals surface area contributed by atoms with E-state index in [0.717, 1.165) is 31.5 Å². The number of aliphatic carboxylic acids is 1. The molecule has 0 aromatic heterocycles. The average molecular weight is 302 g/mol. The van der Waals surface area contributed by atoms with E-state index < -0.39 is 17.8 Å². The molecule has 1 aromatic carbocycles. The minimum Gasteiger partial charge on any atom is -0.481 e. The number of nitrogens with zero attached hydrogens (tertiary/aromatic N) is 2. The third-order valence-electron chi connectivity index (χ3n) is 4.70. The van der Waals surface area contributed by atoms with Gasteiger partial charge in [0.05, 0.1) is 11.8 Å². The minimum absolute atomic E-state index is 0.0282. The van der Waals surface area contributed by atoms with E-state index in [-0.39, 0.29) is 5.91 Å². The van der Waals surface area contributed by atoms with Gasteiger partial charge >= 0.3 is 5.97 Å². The summed E-state index contributed by atoms with van der Waals surface area (Å²) >= 11 is 0. The number of carboxylic acids is 1. The lowest BCUT2D eigenvalue weighted by Gasteiger charge is -2.22. The highest BCUT2D eigenvalue weighted by Gasteiger charge is 2.43. The van der Waals surface area contributed by atoms with Crippen molar-refractivity contribution in [3.63, 3.8) is 0 Å². The van der Waals surface area contributed by atoms with Crippen molar-refractivity contribution in [3.05, 3.63) is 35.9 Å². The van der Waals surface area contributed by atoms with Crippen molar-refractivity contribution in [2.45, 2.75) is 19.4 Å². The molecule has 2 atom stereocenters. The molecule has 0 spiro atoms. The smallest absolute Gasteiger partial charge is 0.308 e. The Morgan fingerprint density at radius 3 is 2.32 bits per heavy atom. The molecule has 0 radical (unpaired) electrons. The quantitative estimate of drug-likeness (QED) is 0.914. The van der Waals surface area contributed by atoms with Crippen LogP contribution >= 0.6 is 0 Å². The van der Waals surface area contributed by atoms with Gasteiger partial charge in [-0.1, -0.05) is 30.3 Å². The Hall–Kier alpha value is -1.88. The summed E-state index contributed by atoms with van der Waals surface area (Å²) in [5.74, 6) is -1.82. The van der Waals surface area contributed by atoms with Crippen LogP contribution < -0.4 is 0 Å². The van der Waals surface area contributed by atoms with Crippen molar-refractivity contribution in [1.29, 1.82) is 0 Å². The highest BCUT2D eigenvalue weighted by atomic mass is 16.4. The first-order chi connectivity index (χ1) is 10.6. The van der Waals surface area contributed by atoms with Gasteiger partial charge in [0.2, 0.25) is 5.91 Å². The first-order valence-corrected chi connectivity index (χ1v) is 7.93. The molecule has 22 heavy (non-hydrogen) atoms. The molecule has 2 fully saturated rings. The maximum Gasteiger partial charge on any atom is 0.308 e. The van der Waals surface area contributed by atoms with Gasteiger partial charge in [-0.05, 0) is 18.4 Å². The third-order valence-corrected chi connectivity index (χ3v) is 4.70. The molecule has 5 nitrogen and oxygen atoms in total. The molecule has 0 unspecified atom stereocenters. The predicted molar refractivity (Wildman–Crippen MR) is 82.1 cm³/mol. The molecular weight excluding hydrogens is 280 g/mol. The van der Waals surface area contributed by atoms with E-state index in [1.54, 1.807) is 0 Å². The van der Waals surface area contributed by atoms with Gasteiger partial charge in [0, 0.05) is 32.7 Å². The van der Waals surface area contributed by atoms with E-state index in [0.29, 0.717) is 19.6 Å². The van der Waals surface area contributed by atoms with Crippen molar-refractivity contribution >= 4 is 11.9 Å². The number of likely N-dealkylation sites (tertiary alicyclic amines) is 2. The number of hydrogen-bond donors (Lipinski definition) is 1. The van der Waals surface area contributed by atoms with Crippen molar-refractivity contribution in [2.75, 3.05) is 26.2 Å². The van der Waals surface area contributed by atoms with Crippen LogP contribution in [-0.2, 0) is 16.1 Å². The SMILES string of the molecule is O=C(O)[C@@H]1CN(Cc2ccccc2)C[C@@H]1C(=O)N1CCCC1. The Morgan fingerprint density at radius 1 is 1.05 bits per heavy atom. The number of rotatable bonds is 4. The van der Waals surface area contributed by atoms with Crippen LogP contribution in [0.4, 0.5) is 0 Å². The number of carboxylic acid groups (broad SMARTS) is 1. The number of carbonyl (C=O) groups excluding carboxylic acids is 1. The van der Waals surface area contributed by atoms with Crippen LogP contribution in [0.1, 0.15) is 18.4 Å². The monoisotopic (exact) mass is 302 g/mol. The van der Waals surface area contributed by atoms with Gasteiger partial charge in [0.1, 0.15) is 0 Å². The molecule has 2 saturated heterocycles. The average Bonchev–Trinajstić information content (AvgIpc) is 3.17. The molecule has 1 aromatic rings. The number of benzene rings is 1. The van der Waals surface area contributed by atoms with Gasteiger partial charge < -0.3 is 10.0 Å².